The van der Waals surface area contributed by atoms with Gasteiger partial charge in [0.15, 0.2) is 0 Å². The minimum Gasteiger partial charge on any atom is -0.437 e. The first-order valence-electron chi connectivity index (χ1n) is 15.3. The molecule has 5 heterocycles. The number of fused-ring (bicyclic) bond motifs is 13. The maximum atomic E-state index is 6.50. The molecule has 0 radical (unpaired) electrons. The molecule has 11 aromatic rings. The highest BCUT2D eigenvalue weighted by Crippen LogP contribution is 2.45. The Labute approximate surface area is 269 Å². The zero-order valence-electron chi connectivity index (χ0n) is 24.2. The summed E-state index contributed by atoms with van der Waals surface area (Å²) in [5.74, 6) is 0.602. The molecule has 4 nitrogen and oxygen atoms in total. The van der Waals surface area contributed by atoms with Gasteiger partial charge in [0.1, 0.15) is 5.58 Å². The molecule has 6 heteroatoms. The monoisotopic (exact) mass is 623 g/mol. The summed E-state index contributed by atoms with van der Waals surface area (Å²) < 4.78 is 13.8. The molecule has 0 aliphatic carbocycles. The summed E-state index contributed by atoms with van der Waals surface area (Å²) >= 11 is 3.66. The molecule has 0 spiro atoms. The molecule has 0 unspecified atom stereocenters. The van der Waals surface area contributed by atoms with Crippen LogP contribution in [0.25, 0.3) is 101 Å². The lowest BCUT2D eigenvalue weighted by Crippen LogP contribution is -2.02. The fraction of sp³-hybridized carbons (Fsp3) is 0. The highest BCUT2D eigenvalue weighted by Gasteiger charge is 2.24. The van der Waals surface area contributed by atoms with Gasteiger partial charge in [0.2, 0.25) is 11.7 Å². The van der Waals surface area contributed by atoms with Gasteiger partial charge in [-0.15, -0.1) is 22.7 Å². The Morgan fingerprint density at radius 1 is 0.478 bits per heavy atom. The SMILES string of the molecule is c1ccc2c(c1)oc1nc(-n3c4ccccc4c4c5c(ccc43)sc3ccccc35)nc(-c3cccc4c3sc3ccccc34)c12. The molecule has 0 atom stereocenters. The molecule has 11 rings (SSSR count). The van der Waals surface area contributed by atoms with Crippen molar-refractivity contribution in [2.75, 3.05) is 0 Å². The first-order chi connectivity index (χ1) is 22.8. The van der Waals surface area contributed by atoms with Crippen LogP contribution >= 0.6 is 22.7 Å². The quantitative estimate of drug-likeness (QED) is 0.192. The van der Waals surface area contributed by atoms with Crippen LogP contribution < -0.4 is 0 Å². The van der Waals surface area contributed by atoms with Gasteiger partial charge in [-0.05, 0) is 36.4 Å². The topological polar surface area (TPSA) is 43.9 Å². The molecular formula is C40H21N3OS2. The predicted molar refractivity (Wildman–Crippen MR) is 195 cm³/mol. The first-order valence-corrected chi connectivity index (χ1v) is 16.9. The van der Waals surface area contributed by atoms with Gasteiger partial charge in [-0.2, -0.15) is 4.98 Å². The average Bonchev–Trinajstić information content (AvgIpc) is 3.86. The maximum absolute atomic E-state index is 6.50. The number of para-hydroxylation sites is 2. The number of hydrogen-bond acceptors (Lipinski definition) is 5. The standard InChI is InChI=1S/C40H21N3OS2/c1-5-16-28-24(11-1)34-29(20-21-33-35(34)26-13-4-8-19-32(26)45-33)43(28)40-41-37(36-25-12-2-6-17-30(25)44-39(36)42-40)27-15-9-14-23-22-10-3-7-18-31(22)46-38(23)27/h1-21H. The fourth-order valence-corrected chi connectivity index (χ4v) is 9.66. The molecule has 214 valence electrons. The van der Waals surface area contributed by atoms with Crippen molar-refractivity contribution >= 4 is 107 Å². The summed E-state index contributed by atoms with van der Waals surface area (Å²) in [6, 6.07) is 45.2. The summed E-state index contributed by atoms with van der Waals surface area (Å²) in [6.07, 6.45) is 0. The average molecular weight is 624 g/mol. The molecule has 6 aromatic carbocycles. The van der Waals surface area contributed by atoms with E-state index in [4.69, 9.17) is 14.4 Å². The lowest BCUT2D eigenvalue weighted by atomic mass is 10.0. The second-order valence-corrected chi connectivity index (χ2v) is 13.9. The second-order valence-electron chi connectivity index (χ2n) is 11.7. The van der Waals surface area contributed by atoms with E-state index < -0.39 is 0 Å². The summed E-state index contributed by atoms with van der Waals surface area (Å²) in [7, 11) is 0. The van der Waals surface area contributed by atoms with E-state index in [9.17, 15) is 0 Å². The molecule has 46 heavy (non-hydrogen) atoms. The number of nitrogens with zero attached hydrogens (tertiary/aromatic N) is 3. The van der Waals surface area contributed by atoms with Gasteiger partial charge in [-0.1, -0.05) is 91.0 Å². The van der Waals surface area contributed by atoms with Crippen LogP contribution in [-0.2, 0) is 0 Å². The van der Waals surface area contributed by atoms with E-state index in [0.29, 0.717) is 11.7 Å². The number of furan rings is 1. The third-order valence-corrected chi connectivity index (χ3v) is 11.6. The smallest absolute Gasteiger partial charge is 0.238 e. The Morgan fingerprint density at radius 3 is 2.09 bits per heavy atom. The Hall–Kier alpha value is -5.56. The van der Waals surface area contributed by atoms with Gasteiger partial charge < -0.3 is 4.42 Å². The van der Waals surface area contributed by atoms with Crippen LogP contribution in [0.3, 0.4) is 0 Å². The number of aromatic nitrogens is 3. The van der Waals surface area contributed by atoms with Crippen LogP contribution in [0.15, 0.2) is 132 Å². The first kappa shape index (κ1) is 24.7. The lowest BCUT2D eigenvalue weighted by Gasteiger charge is -2.10. The van der Waals surface area contributed by atoms with Crippen LogP contribution in [0.4, 0.5) is 0 Å². The summed E-state index contributed by atoms with van der Waals surface area (Å²) in [6.45, 7) is 0. The Morgan fingerprint density at radius 2 is 1.20 bits per heavy atom. The van der Waals surface area contributed by atoms with Crippen molar-refractivity contribution in [2.45, 2.75) is 0 Å². The molecule has 0 saturated heterocycles. The minimum absolute atomic E-state index is 0.590. The molecule has 0 saturated carbocycles. The van der Waals surface area contributed by atoms with Crippen molar-refractivity contribution in [3.05, 3.63) is 127 Å². The Balaban J connectivity index is 1.31. The molecule has 0 aliphatic rings. The third kappa shape index (κ3) is 3.22. The predicted octanol–water partition coefficient (Wildman–Crippen LogP) is 11.9. The number of hydrogen-bond donors (Lipinski definition) is 0. The van der Waals surface area contributed by atoms with Gasteiger partial charge in [-0.25, -0.2) is 4.98 Å². The normalized spacial score (nSPS) is 12.3. The summed E-state index contributed by atoms with van der Waals surface area (Å²) in [5, 5.41) is 9.45. The molecule has 0 amide bonds. The van der Waals surface area contributed by atoms with E-state index in [1.165, 1.54) is 51.1 Å². The minimum atomic E-state index is 0.590. The van der Waals surface area contributed by atoms with Crippen LogP contribution in [0.1, 0.15) is 0 Å². The van der Waals surface area contributed by atoms with Crippen molar-refractivity contribution in [2.24, 2.45) is 0 Å². The number of rotatable bonds is 2. The van der Waals surface area contributed by atoms with Gasteiger partial charge in [0.25, 0.3) is 0 Å². The largest absolute Gasteiger partial charge is 0.437 e. The highest BCUT2D eigenvalue weighted by molar-refractivity contribution is 7.26. The van der Waals surface area contributed by atoms with E-state index in [1.807, 2.05) is 34.8 Å². The Bertz CT molecular complexity index is 3050. The lowest BCUT2D eigenvalue weighted by molar-refractivity contribution is 0.651. The van der Waals surface area contributed by atoms with Crippen molar-refractivity contribution in [3.8, 4) is 17.2 Å². The molecule has 0 fully saturated rings. The van der Waals surface area contributed by atoms with Crippen molar-refractivity contribution < 1.29 is 4.42 Å². The third-order valence-electron chi connectivity index (χ3n) is 9.26. The summed E-state index contributed by atoms with van der Waals surface area (Å²) in [5.41, 5.74) is 5.52. The molecular weight excluding hydrogens is 603 g/mol. The van der Waals surface area contributed by atoms with Gasteiger partial charge in [0.05, 0.1) is 22.1 Å². The maximum Gasteiger partial charge on any atom is 0.238 e. The van der Waals surface area contributed by atoms with E-state index >= 15 is 0 Å². The molecule has 5 aromatic heterocycles. The van der Waals surface area contributed by atoms with Crippen molar-refractivity contribution in [1.82, 2.24) is 14.5 Å². The van der Waals surface area contributed by atoms with Crippen molar-refractivity contribution in [1.29, 1.82) is 0 Å². The second kappa shape index (κ2) is 9.01. The van der Waals surface area contributed by atoms with Gasteiger partial charge >= 0.3 is 0 Å². The van der Waals surface area contributed by atoms with E-state index in [-0.39, 0.29) is 0 Å². The van der Waals surface area contributed by atoms with Crippen molar-refractivity contribution in [3.63, 3.8) is 0 Å². The van der Waals surface area contributed by atoms with Crippen LogP contribution in [-0.4, -0.2) is 14.5 Å². The Kier molecular flexibility index (Phi) is 4.84. The van der Waals surface area contributed by atoms with E-state index in [0.717, 1.165) is 38.6 Å². The number of benzene rings is 6. The van der Waals surface area contributed by atoms with Crippen LogP contribution in [0.2, 0.25) is 0 Å². The van der Waals surface area contributed by atoms with Crippen LogP contribution in [0.5, 0.6) is 0 Å². The molecule has 0 N–H and O–H groups in total. The van der Waals surface area contributed by atoms with Gasteiger partial charge in [0, 0.05) is 62.1 Å². The highest BCUT2D eigenvalue weighted by atomic mass is 32.1. The summed E-state index contributed by atoms with van der Waals surface area (Å²) in [4.78, 5) is 10.7. The fourth-order valence-electron chi connectivity index (χ4n) is 7.33. The zero-order chi connectivity index (χ0) is 29.9. The van der Waals surface area contributed by atoms with Gasteiger partial charge in [-0.3, -0.25) is 4.57 Å². The van der Waals surface area contributed by atoms with E-state index in [1.54, 1.807) is 0 Å². The zero-order valence-corrected chi connectivity index (χ0v) is 25.8. The number of thiophene rings is 2. The van der Waals surface area contributed by atoms with E-state index in [2.05, 4.69) is 120 Å². The molecule has 0 bridgehead atoms. The van der Waals surface area contributed by atoms with Crippen LogP contribution in [0, 0.1) is 0 Å². The molecule has 0 aliphatic heterocycles.